The van der Waals surface area contributed by atoms with Crippen molar-refractivity contribution in [2.45, 2.75) is 33.1 Å². The van der Waals surface area contributed by atoms with E-state index >= 15 is 0 Å². The normalized spacial score (nSPS) is 12.3. The molecule has 5 heteroatoms. The number of carbonyl (C=O) groups excluding carboxylic acids is 1. The summed E-state index contributed by atoms with van der Waals surface area (Å²) in [4.78, 5) is 22.5. The summed E-state index contributed by atoms with van der Waals surface area (Å²) in [5.74, 6) is 1.66. The standard InChI is InChI=1S/C24H25N3O2/c1-15(2)13-21-23(27-24(28)16-7-5-4-6-8-16)26-20-12-9-17-14-18(29-3)10-11-19(17)22(20)25-21/h4-8,10-11,14-15H,9,12-13H2,1-3H3,(H,26,27,28). The highest BCUT2D eigenvalue weighted by atomic mass is 16.5. The Balaban J connectivity index is 1.74. The third-order valence-electron chi connectivity index (χ3n) is 5.11. The van der Waals surface area contributed by atoms with Crippen LogP contribution in [0.5, 0.6) is 5.75 Å². The number of amides is 1. The van der Waals surface area contributed by atoms with Gasteiger partial charge < -0.3 is 10.1 Å². The highest BCUT2D eigenvalue weighted by Gasteiger charge is 2.23. The smallest absolute Gasteiger partial charge is 0.256 e. The zero-order valence-corrected chi connectivity index (χ0v) is 17.0. The number of methoxy groups -OCH3 is 1. The van der Waals surface area contributed by atoms with Crippen LogP contribution in [0.2, 0.25) is 0 Å². The summed E-state index contributed by atoms with van der Waals surface area (Å²) >= 11 is 0. The van der Waals surface area contributed by atoms with Crippen LogP contribution in [0.25, 0.3) is 11.3 Å². The highest BCUT2D eigenvalue weighted by Crippen LogP contribution is 2.35. The van der Waals surface area contributed by atoms with Gasteiger partial charge in [0.2, 0.25) is 0 Å². The number of ether oxygens (including phenoxy) is 1. The molecule has 1 N–H and O–H groups in total. The fourth-order valence-corrected chi connectivity index (χ4v) is 3.68. The van der Waals surface area contributed by atoms with Gasteiger partial charge in [-0.25, -0.2) is 9.97 Å². The van der Waals surface area contributed by atoms with Crippen LogP contribution in [-0.2, 0) is 19.3 Å². The number of anilines is 1. The molecular formula is C24H25N3O2. The van der Waals surface area contributed by atoms with Crippen LogP contribution < -0.4 is 10.1 Å². The lowest BCUT2D eigenvalue weighted by Gasteiger charge is -2.22. The Labute approximate surface area is 171 Å². The summed E-state index contributed by atoms with van der Waals surface area (Å²) in [5, 5.41) is 2.99. The van der Waals surface area contributed by atoms with E-state index in [0.717, 1.165) is 47.7 Å². The van der Waals surface area contributed by atoms with E-state index in [2.05, 4.69) is 31.3 Å². The summed E-state index contributed by atoms with van der Waals surface area (Å²) in [7, 11) is 1.68. The van der Waals surface area contributed by atoms with Crippen LogP contribution in [0.1, 0.15) is 41.2 Å². The first-order valence-electron chi connectivity index (χ1n) is 9.98. The number of hydrogen-bond donors (Lipinski definition) is 1. The van der Waals surface area contributed by atoms with Gasteiger partial charge in [0.1, 0.15) is 5.75 Å². The monoisotopic (exact) mass is 387 g/mol. The second kappa shape index (κ2) is 8.03. The summed E-state index contributed by atoms with van der Waals surface area (Å²) in [5.41, 5.74) is 5.61. The largest absolute Gasteiger partial charge is 0.497 e. The molecule has 5 nitrogen and oxygen atoms in total. The molecule has 0 spiro atoms. The van der Waals surface area contributed by atoms with Crippen molar-refractivity contribution < 1.29 is 9.53 Å². The first kappa shape index (κ1) is 19.1. The molecule has 0 saturated carbocycles. The molecular weight excluding hydrogens is 362 g/mol. The van der Waals surface area contributed by atoms with Crippen LogP contribution >= 0.6 is 0 Å². The SMILES string of the molecule is COc1ccc2c(c1)CCc1nc(NC(=O)c3ccccc3)c(CC(C)C)nc1-2. The topological polar surface area (TPSA) is 64.1 Å². The molecule has 29 heavy (non-hydrogen) atoms. The molecule has 1 heterocycles. The summed E-state index contributed by atoms with van der Waals surface area (Å²) in [6.45, 7) is 4.28. The van der Waals surface area contributed by atoms with Crippen molar-refractivity contribution >= 4 is 11.7 Å². The average molecular weight is 387 g/mol. The van der Waals surface area contributed by atoms with Gasteiger partial charge in [-0.15, -0.1) is 0 Å². The number of carbonyl (C=O) groups is 1. The van der Waals surface area contributed by atoms with Gasteiger partial charge in [0, 0.05) is 11.1 Å². The lowest BCUT2D eigenvalue weighted by atomic mass is 9.91. The van der Waals surface area contributed by atoms with Gasteiger partial charge in [-0.1, -0.05) is 32.0 Å². The molecule has 148 valence electrons. The van der Waals surface area contributed by atoms with Crippen molar-refractivity contribution in [3.05, 3.63) is 71.0 Å². The Morgan fingerprint density at radius 1 is 1.10 bits per heavy atom. The molecule has 3 aromatic rings. The maximum absolute atomic E-state index is 12.7. The maximum Gasteiger partial charge on any atom is 0.256 e. The molecule has 1 aliphatic rings. The lowest BCUT2D eigenvalue weighted by molar-refractivity contribution is 0.102. The lowest BCUT2D eigenvalue weighted by Crippen LogP contribution is -2.19. The molecule has 0 unspecified atom stereocenters. The molecule has 0 saturated heterocycles. The number of aryl methyl sites for hydroxylation is 2. The van der Waals surface area contributed by atoms with E-state index in [9.17, 15) is 4.79 Å². The van der Waals surface area contributed by atoms with Crippen molar-refractivity contribution in [1.29, 1.82) is 0 Å². The molecule has 4 rings (SSSR count). The second-order valence-corrected chi connectivity index (χ2v) is 7.76. The van der Waals surface area contributed by atoms with E-state index in [0.29, 0.717) is 17.3 Å². The number of benzene rings is 2. The molecule has 0 atom stereocenters. The molecule has 0 radical (unpaired) electrons. The minimum Gasteiger partial charge on any atom is -0.497 e. The van der Waals surface area contributed by atoms with Crippen LogP contribution in [-0.4, -0.2) is 23.0 Å². The molecule has 1 aliphatic carbocycles. The van der Waals surface area contributed by atoms with Crippen LogP contribution in [0.4, 0.5) is 5.82 Å². The van der Waals surface area contributed by atoms with Gasteiger partial charge in [0.05, 0.1) is 24.2 Å². The van der Waals surface area contributed by atoms with Gasteiger partial charge >= 0.3 is 0 Å². The van der Waals surface area contributed by atoms with E-state index < -0.39 is 0 Å². The molecule has 0 fully saturated rings. The highest BCUT2D eigenvalue weighted by molar-refractivity contribution is 6.04. The van der Waals surface area contributed by atoms with E-state index in [1.54, 1.807) is 19.2 Å². The molecule has 0 aliphatic heterocycles. The van der Waals surface area contributed by atoms with Gasteiger partial charge in [-0.2, -0.15) is 0 Å². The Bertz CT molecular complexity index is 1050. The summed E-state index contributed by atoms with van der Waals surface area (Å²) < 4.78 is 5.37. The van der Waals surface area contributed by atoms with Gasteiger partial charge in [0.25, 0.3) is 5.91 Å². The van der Waals surface area contributed by atoms with E-state index in [1.807, 2.05) is 24.3 Å². The van der Waals surface area contributed by atoms with E-state index in [1.165, 1.54) is 5.56 Å². The fourth-order valence-electron chi connectivity index (χ4n) is 3.68. The predicted molar refractivity (Wildman–Crippen MR) is 114 cm³/mol. The number of fused-ring (bicyclic) bond motifs is 3. The Hall–Kier alpha value is -3.21. The Morgan fingerprint density at radius 2 is 1.90 bits per heavy atom. The number of nitrogens with one attached hydrogen (secondary N) is 1. The predicted octanol–water partition coefficient (Wildman–Crippen LogP) is 4.70. The van der Waals surface area contributed by atoms with Crippen LogP contribution in [0.3, 0.4) is 0 Å². The number of aromatic nitrogens is 2. The number of rotatable bonds is 5. The minimum absolute atomic E-state index is 0.161. The maximum atomic E-state index is 12.7. The zero-order valence-electron chi connectivity index (χ0n) is 17.0. The van der Waals surface area contributed by atoms with Crippen molar-refractivity contribution in [2.75, 3.05) is 12.4 Å². The molecule has 1 aromatic heterocycles. The van der Waals surface area contributed by atoms with Crippen molar-refractivity contribution in [3.63, 3.8) is 0 Å². The quantitative estimate of drug-likeness (QED) is 0.689. The third kappa shape index (κ3) is 3.99. The van der Waals surface area contributed by atoms with Crippen molar-refractivity contribution in [1.82, 2.24) is 9.97 Å². The fraction of sp³-hybridized carbons (Fsp3) is 0.292. The second-order valence-electron chi connectivity index (χ2n) is 7.76. The van der Waals surface area contributed by atoms with E-state index in [4.69, 9.17) is 14.7 Å². The van der Waals surface area contributed by atoms with Crippen molar-refractivity contribution in [3.8, 4) is 17.0 Å². The van der Waals surface area contributed by atoms with Gasteiger partial charge in [0.15, 0.2) is 5.82 Å². The number of hydrogen-bond acceptors (Lipinski definition) is 4. The Kier molecular flexibility index (Phi) is 5.30. The molecule has 0 bridgehead atoms. The van der Waals surface area contributed by atoms with E-state index in [-0.39, 0.29) is 5.91 Å². The Morgan fingerprint density at radius 3 is 2.62 bits per heavy atom. The molecule has 1 amide bonds. The first-order valence-corrected chi connectivity index (χ1v) is 9.98. The van der Waals surface area contributed by atoms with Crippen molar-refractivity contribution in [2.24, 2.45) is 5.92 Å². The van der Waals surface area contributed by atoms with Gasteiger partial charge in [-0.3, -0.25) is 4.79 Å². The average Bonchev–Trinajstić information content (AvgIpc) is 2.74. The summed E-state index contributed by atoms with van der Waals surface area (Å²) in [6.07, 6.45) is 2.42. The number of nitrogens with zero attached hydrogens (tertiary/aromatic N) is 2. The zero-order chi connectivity index (χ0) is 20.4. The summed E-state index contributed by atoms with van der Waals surface area (Å²) in [6, 6.07) is 15.3. The third-order valence-corrected chi connectivity index (χ3v) is 5.11. The molecule has 2 aromatic carbocycles. The minimum atomic E-state index is -0.161. The van der Waals surface area contributed by atoms with Crippen LogP contribution in [0, 0.1) is 5.92 Å². The van der Waals surface area contributed by atoms with Crippen LogP contribution in [0.15, 0.2) is 48.5 Å². The first-order chi connectivity index (χ1) is 14.0. The van der Waals surface area contributed by atoms with Gasteiger partial charge in [-0.05, 0) is 61.1 Å².